The Morgan fingerprint density at radius 1 is 0.727 bits per heavy atom. The van der Waals surface area contributed by atoms with Gasteiger partial charge in [0, 0.05) is 35.0 Å². The smallest absolute Gasteiger partial charge is 0.323 e. The molecular formula is C36H51N3O5. The maximum Gasteiger partial charge on any atom is 0.323 e. The lowest BCUT2D eigenvalue weighted by Crippen LogP contribution is -2.27. The van der Waals surface area contributed by atoms with Crippen LogP contribution < -0.4 is 4.90 Å². The molecular weight excluding hydrogens is 554 g/mol. The van der Waals surface area contributed by atoms with Crippen LogP contribution >= 0.6 is 0 Å². The SMILES string of the molecule is CCCCCCCCCCCCCCCCCCN1/C(=C/C=C2\C=C([N+](=O)[O-])C=C([N+](=O)[O-])C2=O)C(C)(C)c2ccccc21. The number of unbranched alkanes of at least 4 members (excludes halogenated alkanes) is 15. The summed E-state index contributed by atoms with van der Waals surface area (Å²) < 4.78 is 0. The van der Waals surface area contributed by atoms with Crippen LogP contribution in [0.2, 0.25) is 0 Å². The number of carbonyl (C=O) groups excluding carboxylic acids is 1. The molecule has 0 aromatic heterocycles. The third-order valence-corrected chi connectivity index (χ3v) is 8.95. The van der Waals surface area contributed by atoms with E-state index in [1.54, 1.807) is 6.08 Å². The Morgan fingerprint density at radius 3 is 1.77 bits per heavy atom. The molecule has 0 bridgehead atoms. The molecule has 1 heterocycles. The number of Topliss-reactive ketones (excluding diaryl/α,β-unsaturated/α-hetero) is 1. The molecule has 44 heavy (non-hydrogen) atoms. The number of allylic oxidation sites excluding steroid dienone is 6. The van der Waals surface area contributed by atoms with Crippen LogP contribution in [-0.4, -0.2) is 22.2 Å². The summed E-state index contributed by atoms with van der Waals surface area (Å²) in [6, 6.07) is 8.23. The molecule has 8 heteroatoms. The van der Waals surface area contributed by atoms with Crippen LogP contribution in [0, 0.1) is 20.2 Å². The summed E-state index contributed by atoms with van der Waals surface area (Å²) in [4.78, 5) is 36.2. The molecule has 0 saturated heterocycles. The average Bonchev–Trinajstić information content (AvgIpc) is 3.21. The van der Waals surface area contributed by atoms with Crippen molar-refractivity contribution in [1.82, 2.24) is 0 Å². The van der Waals surface area contributed by atoms with Crippen LogP contribution in [0.15, 0.2) is 71.2 Å². The highest BCUT2D eigenvalue weighted by atomic mass is 16.6. The van der Waals surface area contributed by atoms with Gasteiger partial charge < -0.3 is 4.90 Å². The van der Waals surface area contributed by atoms with Crippen LogP contribution in [-0.2, 0) is 10.2 Å². The zero-order valence-electron chi connectivity index (χ0n) is 27.0. The first-order chi connectivity index (χ1) is 21.2. The van der Waals surface area contributed by atoms with E-state index in [2.05, 4.69) is 37.8 Å². The van der Waals surface area contributed by atoms with E-state index < -0.39 is 27.0 Å². The van der Waals surface area contributed by atoms with Crippen LogP contribution in [0.5, 0.6) is 0 Å². The molecule has 0 unspecified atom stereocenters. The van der Waals surface area contributed by atoms with Crippen LogP contribution in [0.3, 0.4) is 0 Å². The summed E-state index contributed by atoms with van der Waals surface area (Å²) in [5.41, 5.74) is 1.56. The van der Waals surface area contributed by atoms with Gasteiger partial charge in [0.15, 0.2) is 0 Å². The van der Waals surface area contributed by atoms with Crippen molar-refractivity contribution in [2.75, 3.05) is 11.4 Å². The highest BCUT2D eigenvalue weighted by molar-refractivity contribution is 6.10. The van der Waals surface area contributed by atoms with Gasteiger partial charge in [-0.25, -0.2) is 0 Å². The number of anilines is 1. The molecule has 1 aromatic rings. The second-order valence-electron chi connectivity index (χ2n) is 12.7. The molecule has 0 N–H and O–H groups in total. The Bertz CT molecular complexity index is 1270. The van der Waals surface area contributed by atoms with Crippen LogP contribution in [0.25, 0.3) is 0 Å². The Morgan fingerprint density at radius 2 is 1.25 bits per heavy atom. The molecule has 0 radical (unpaired) electrons. The summed E-state index contributed by atoms with van der Waals surface area (Å²) in [6.07, 6.45) is 26.2. The molecule has 1 aliphatic carbocycles. The second kappa shape index (κ2) is 17.7. The van der Waals surface area contributed by atoms with Gasteiger partial charge in [-0.15, -0.1) is 0 Å². The van der Waals surface area contributed by atoms with E-state index in [1.165, 1.54) is 102 Å². The standard InChI is InChI=1S/C36H51N3O5/c1-4-5-6-7-8-9-10-11-12-13-14-15-16-17-18-21-26-37-32-23-20-19-22-31(32)36(2,3)34(37)25-24-29-27-30(38(41)42)28-33(35(29)40)39(43)44/h19-20,22-25,27-28H,4-18,21,26H2,1-3H3/b29-24+,34-25+. The van der Waals surface area contributed by atoms with Gasteiger partial charge in [0.2, 0.25) is 0 Å². The number of nitro groups is 2. The molecule has 0 atom stereocenters. The van der Waals surface area contributed by atoms with Crippen molar-refractivity contribution in [1.29, 1.82) is 0 Å². The monoisotopic (exact) mass is 605 g/mol. The zero-order valence-corrected chi connectivity index (χ0v) is 27.0. The fourth-order valence-electron chi connectivity index (χ4n) is 6.35. The average molecular weight is 606 g/mol. The van der Waals surface area contributed by atoms with E-state index in [9.17, 15) is 25.0 Å². The molecule has 0 fully saturated rings. The van der Waals surface area contributed by atoms with Gasteiger partial charge in [0.05, 0.1) is 15.9 Å². The second-order valence-corrected chi connectivity index (χ2v) is 12.7. The third-order valence-electron chi connectivity index (χ3n) is 8.95. The molecule has 8 nitrogen and oxygen atoms in total. The Balaban J connectivity index is 1.51. The number of hydrogen-bond acceptors (Lipinski definition) is 6. The summed E-state index contributed by atoms with van der Waals surface area (Å²) in [7, 11) is 0. The third kappa shape index (κ3) is 9.73. The van der Waals surface area contributed by atoms with Gasteiger partial charge in [0.1, 0.15) is 0 Å². The number of fused-ring (bicyclic) bond motifs is 1. The lowest BCUT2D eigenvalue weighted by molar-refractivity contribution is -0.431. The molecule has 1 aromatic carbocycles. The first-order valence-corrected chi connectivity index (χ1v) is 16.7. The highest BCUT2D eigenvalue weighted by Crippen LogP contribution is 2.47. The van der Waals surface area contributed by atoms with Gasteiger partial charge in [-0.1, -0.05) is 135 Å². The van der Waals surface area contributed by atoms with Crippen LogP contribution in [0.4, 0.5) is 5.69 Å². The molecule has 0 saturated carbocycles. The number of carbonyl (C=O) groups is 1. The van der Waals surface area contributed by atoms with Crippen LogP contribution in [0.1, 0.15) is 129 Å². The van der Waals surface area contributed by atoms with Crippen molar-refractivity contribution in [3.63, 3.8) is 0 Å². The molecule has 1 aliphatic heterocycles. The lowest BCUT2D eigenvalue weighted by Gasteiger charge is -2.27. The van der Waals surface area contributed by atoms with Gasteiger partial charge in [-0.3, -0.25) is 25.0 Å². The predicted octanol–water partition coefficient (Wildman–Crippen LogP) is 9.76. The largest absolute Gasteiger partial charge is 0.344 e. The maximum atomic E-state index is 12.8. The minimum absolute atomic E-state index is 0.0625. The van der Waals surface area contributed by atoms with Crippen molar-refractivity contribution in [2.24, 2.45) is 0 Å². The van der Waals surface area contributed by atoms with Crippen molar-refractivity contribution >= 4 is 11.5 Å². The molecule has 3 rings (SSSR count). The Labute approximate surface area is 263 Å². The molecule has 2 aliphatic rings. The van der Waals surface area contributed by atoms with E-state index in [0.29, 0.717) is 0 Å². The Kier molecular flexibility index (Phi) is 14.0. The van der Waals surface area contributed by atoms with Gasteiger partial charge in [0.25, 0.3) is 11.5 Å². The fourth-order valence-corrected chi connectivity index (χ4v) is 6.35. The van der Waals surface area contributed by atoms with E-state index >= 15 is 0 Å². The van der Waals surface area contributed by atoms with Gasteiger partial charge in [-0.2, -0.15) is 0 Å². The Hall–Kier alpha value is -3.55. The highest BCUT2D eigenvalue weighted by Gasteiger charge is 2.39. The van der Waals surface area contributed by atoms with Crippen molar-refractivity contribution < 1.29 is 14.6 Å². The quantitative estimate of drug-likeness (QED) is 0.0634. The van der Waals surface area contributed by atoms with E-state index in [-0.39, 0.29) is 11.0 Å². The normalized spacial score (nSPS) is 17.6. The number of rotatable bonds is 20. The van der Waals surface area contributed by atoms with Crippen molar-refractivity contribution in [2.45, 2.75) is 129 Å². The minimum atomic E-state index is -0.862. The molecule has 0 spiro atoms. The maximum absolute atomic E-state index is 12.8. The first-order valence-electron chi connectivity index (χ1n) is 16.7. The summed E-state index contributed by atoms with van der Waals surface area (Å²) >= 11 is 0. The number of ketones is 1. The molecule has 240 valence electrons. The summed E-state index contributed by atoms with van der Waals surface area (Å²) in [5.74, 6) is -0.824. The summed E-state index contributed by atoms with van der Waals surface area (Å²) in [5, 5.41) is 22.8. The fraction of sp³-hybridized carbons (Fsp3) is 0.583. The van der Waals surface area contributed by atoms with Crippen molar-refractivity contribution in [3.05, 3.63) is 97.0 Å². The van der Waals surface area contributed by atoms with Gasteiger partial charge >= 0.3 is 5.70 Å². The number of hydrogen-bond donors (Lipinski definition) is 0. The number of para-hydroxylation sites is 1. The van der Waals surface area contributed by atoms with Gasteiger partial charge in [-0.05, 0) is 30.2 Å². The summed E-state index contributed by atoms with van der Waals surface area (Å²) in [6.45, 7) is 7.32. The predicted molar refractivity (Wildman–Crippen MR) is 178 cm³/mol. The number of nitrogens with zero attached hydrogens (tertiary/aromatic N) is 3. The lowest BCUT2D eigenvalue weighted by atomic mass is 9.83. The van der Waals surface area contributed by atoms with E-state index in [1.807, 2.05) is 12.1 Å². The van der Waals surface area contributed by atoms with E-state index in [0.717, 1.165) is 42.9 Å². The minimum Gasteiger partial charge on any atom is -0.344 e. The molecule has 0 amide bonds. The zero-order chi connectivity index (χ0) is 32.0. The number of benzene rings is 1. The topological polar surface area (TPSA) is 107 Å². The van der Waals surface area contributed by atoms with Crippen molar-refractivity contribution in [3.8, 4) is 0 Å². The first kappa shape index (κ1) is 34.9. The van der Waals surface area contributed by atoms with E-state index in [4.69, 9.17) is 0 Å².